The van der Waals surface area contributed by atoms with E-state index in [4.69, 9.17) is 10.5 Å². The normalized spacial score (nSPS) is 10.7. The molecule has 0 aliphatic heterocycles. The number of ether oxygens (including phenoxy) is 1. The maximum atomic E-state index is 11.5. The molecule has 0 fully saturated rings. The lowest BCUT2D eigenvalue weighted by Crippen LogP contribution is -2.14. The Labute approximate surface area is 98.6 Å². The molecule has 5 heteroatoms. The van der Waals surface area contributed by atoms with Crippen molar-refractivity contribution in [3.63, 3.8) is 0 Å². The molecule has 0 bridgehead atoms. The number of H-pyrrole nitrogens is 1. The second-order valence-electron chi connectivity index (χ2n) is 3.77. The van der Waals surface area contributed by atoms with Crippen LogP contribution in [0.3, 0.4) is 0 Å². The number of methoxy groups -OCH3 is 1. The molecule has 2 rings (SSSR count). The first-order valence-electron chi connectivity index (χ1n) is 5.52. The summed E-state index contributed by atoms with van der Waals surface area (Å²) in [6.07, 6.45) is 1.56. The minimum atomic E-state index is -0.353. The third-order valence-electron chi connectivity index (χ3n) is 2.65. The van der Waals surface area contributed by atoms with Gasteiger partial charge < -0.3 is 15.5 Å². The van der Waals surface area contributed by atoms with Gasteiger partial charge in [-0.05, 0) is 25.5 Å². The van der Waals surface area contributed by atoms with Gasteiger partial charge in [0.2, 0.25) is 0 Å². The van der Waals surface area contributed by atoms with Gasteiger partial charge in [0.25, 0.3) is 0 Å². The number of hydrogen-bond acceptors (Lipinski definition) is 4. The van der Waals surface area contributed by atoms with Crippen LogP contribution in [0.2, 0.25) is 0 Å². The Balaban J connectivity index is 2.63. The summed E-state index contributed by atoms with van der Waals surface area (Å²) in [6, 6.07) is 5.60. The summed E-state index contributed by atoms with van der Waals surface area (Å²) in [6.45, 7) is 0.593. The van der Waals surface area contributed by atoms with Crippen LogP contribution in [0.25, 0.3) is 10.9 Å². The maximum Gasteiger partial charge on any atom is 0.345 e. The highest BCUT2D eigenvalue weighted by Gasteiger charge is 2.08. The van der Waals surface area contributed by atoms with E-state index in [0.717, 1.165) is 23.9 Å². The summed E-state index contributed by atoms with van der Waals surface area (Å²) in [7, 11) is 1.57. The largest absolute Gasteiger partial charge is 0.494 e. The van der Waals surface area contributed by atoms with Gasteiger partial charge in [-0.1, -0.05) is 12.1 Å². The van der Waals surface area contributed by atoms with Gasteiger partial charge in [-0.3, -0.25) is 0 Å². The van der Waals surface area contributed by atoms with E-state index in [2.05, 4.69) is 9.97 Å². The van der Waals surface area contributed by atoms with Crippen LogP contribution >= 0.6 is 0 Å². The fourth-order valence-electron chi connectivity index (χ4n) is 1.85. The van der Waals surface area contributed by atoms with Crippen LogP contribution in [0.15, 0.2) is 23.0 Å². The fourth-order valence-corrected chi connectivity index (χ4v) is 1.85. The number of hydrogen-bond donors (Lipinski definition) is 2. The standard InChI is InChI=1S/C12H15N3O2/c1-17-10-6-2-4-8-9(5-3-7-13)14-12(16)15-11(8)10/h2,4,6H,3,5,7,13H2,1H3,(H,14,15,16). The highest BCUT2D eigenvalue weighted by Crippen LogP contribution is 2.24. The molecule has 5 nitrogen and oxygen atoms in total. The summed E-state index contributed by atoms with van der Waals surface area (Å²) in [5.41, 5.74) is 6.60. The zero-order chi connectivity index (χ0) is 12.3. The molecule has 3 N–H and O–H groups in total. The molecule has 0 saturated carbocycles. The molecule has 0 atom stereocenters. The van der Waals surface area contributed by atoms with Gasteiger partial charge in [0.05, 0.1) is 7.11 Å². The lowest BCUT2D eigenvalue weighted by Gasteiger charge is -2.07. The molecule has 1 aromatic heterocycles. The molecule has 0 aliphatic rings. The summed E-state index contributed by atoms with van der Waals surface area (Å²) in [5.74, 6) is 0.614. The molecule has 0 saturated heterocycles. The Kier molecular flexibility index (Phi) is 3.39. The van der Waals surface area contributed by atoms with Crippen molar-refractivity contribution >= 4 is 10.9 Å². The summed E-state index contributed by atoms with van der Waals surface area (Å²) in [5, 5.41) is 0.914. The van der Waals surface area contributed by atoms with Crippen molar-refractivity contribution in [1.29, 1.82) is 0 Å². The first-order chi connectivity index (χ1) is 8.26. The zero-order valence-corrected chi connectivity index (χ0v) is 9.69. The Morgan fingerprint density at radius 3 is 3.00 bits per heavy atom. The molecular weight excluding hydrogens is 218 g/mol. The number of aryl methyl sites for hydroxylation is 1. The SMILES string of the molecule is COc1cccc2c(CCCN)[nH]c(=O)nc12. The van der Waals surface area contributed by atoms with Crippen LogP contribution in [0.1, 0.15) is 12.1 Å². The number of nitrogens with two attached hydrogens (primary N) is 1. The van der Waals surface area contributed by atoms with Crippen molar-refractivity contribution in [2.75, 3.05) is 13.7 Å². The van der Waals surface area contributed by atoms with Crippen LogP contribution < -0.4 is 16.2 Å². The van der Waals surface area contributed by atoms with Crippen molar-refractivity contribution in [2.45, 2.75) is 12.8 Å². The summed E-state index contributed by atoms with van der Waals surface area (Å²) < 4.78 is 5.20. The van der Waals surface area contributed by atoms with Gasteiger partial charge in [-0.25, -0.2) is 4.79 Å². The predicted molar refractivity (Wildman–Crippen MR) is 66.3 cm³/mol. The maximum absolute atomic E-state index is 11.5. The van der Waals surface area contributed by atoms with E-state index in [9.17, 15) is 4.79 Å². The smallest absolute Gasteiger partial charge is 0.345 e. The van der Waals surface area contributed by atoms with Crippen molar-refractivity contribution < 1.29 is 4.74 Å². The topological polar surface area (TPSA) is 81.0 Å². The highest BCUT2D eigenvalue weighted by atomic mass is 16.5. The quantitative estimate of drug-likeness (QED) is 0.819. The van der Waals surface area contributed by atoms with E-state index in [1.165, 1.54) is 0 Å². The van der Waals surface area contributed by atoms with E-state index in [-0.39, 0.29) is 5.69 Å². The molecule has 17 heavy (non-hydrogen) atoms. The number of nitrogens with zero attached hydrogens (tertiary/aromatic N) is 1. The molecule has 0 unspecified atom stereocenters. The van der Waals surface area contributed by atoms with Crippen molar-refractivity contribution in [3.8, 4) is 5.75 Å². The van der Waals surface area contributed by atoms with Crippen LogP contribution in [0.4, 0.5) is 0 Å². The van der Waals surface area contributed by atoms with Gasteiger partial charge in [0.1, 0.15) is 11.3 Å². The number of fused-ring (bicyclic) bond motifs is 1. The van der Waals surface area contributed by atoms with E-state index < -0.39 is 0 Å². The van der Waals surface area contributed by atoms with E-state index in [0.29, 0.717) is 17.8 Å². The highest BCUT2D eigenvalue weighted by molar-refractivity contribution is 5.86. The number of aromatic amines is 1. The van der Waals surface area contributed by atoms with Crippen LogP contribution in [0, 0.1) is 0 Å². The van der Waals surface area contributed by atoms with Gasteiger partial charge in [-0.2, -0.15) is 4.98 Å². The Morgan fingerprint density at radius 1 is 1.47 bits per heavy atom. The lowest BCUT2D eigenvalue weighted by molar-refractivity contribution is 0.418. The third kappa shape index (κ3) is 2.29. The van der Waals surface area contributed by atoms with E-state index in [1.54, 1.807) is 13.2 Å². The van der Waals surface area contributed by atoms with Crippen molar-refractivity contribution in [1.82, 2.24) is 9.97 Å². The Bertz CT molecular complexity index is 577. The predicted octanol–water partition coefficient (Wildman–Crippen LogP) is 0.823. The second kappa shape index (κ2) is 4.97. The first kappa shape index (κ1) is 11.6. The number of nitrogens with one attached hydrogen (secondary N) is 1. The summed E-state index contributed by atoms with van der Waals surface area (Å²) >= 11 is 0. The van der Waals surface area contributed by atoms with Gasteiger partial charge in [0.15, 0.2) is 0 Å². The lowest BCUT2D eigenvalue weighted by atomic mass is 10.1. The molecule has 0 amide bonds. The van der Waals surface area contributed by atoms with Gasteiger partial charge in [0, 0.05) is 11.1 Å². The zero-order valence-electron chi connectivity index (χ0n) is 9.69. The number of rotatable bonds is 4. The molecule has 90 valence electrons. The van der Waals surface area contributed by atoms with Crippen LogP contribution in [-0.4, -0.2) is 23.6 Å². The first-order valence-corrected chi connectivity index (χ1v) is 5.52. The minimum Gasteiger partial charge on any atom is -0.494 e. The second-order valence-corrected chi connectivity index (χ2v) is 3.77. The average molecular weight is 233 g/mol. The number of benzene rings is 1. The molecule has 0 spiro atoms. The van der Waals surface area contributed by atoms with Crippen LogP contribution in [0.5, 0.6) is 5.75 Å². The Hall–Kier alpha value is -1.88. The molecule has 0 aliphatic carbocycles. The summed E-state index contributed by atoms with van der Waals surface area (Å²) in [4.78, 5) is 18.2. The monoisotopic (exact) mass is 233 g/mol. The number of para-hydroxylation sites is 1. The average Bonchev–Trinajstić information content (AvgIpc) is 2.35. The van der Waals surface area contributed by atoms with Crippen LogP contribution in [-0.2, 0) is 6.42 Å². The molecule has 2 aromatic rings. The third-order valence-corrected chi connectivity index (χ3v) is 2.65. The van der Waals surface area contributed by atoms with Gasteiger partial charge >= 0.3 is 5.69 Å². The molecular formula is C12H15N3O2. The van der Waals surface area contributed by atoms with E-state index >= 15 is 0 Å². The molecule has 1 heterocycles. The van der Waals surface area contributed by atoms with Gasteiger partial charge in [-0.15, -0.1) is 0 Å². The minimum absolute atomic E-state index is 0.353. The fraction of sp³-hybridized carbons (Fsp3) is 0.333. The molecule has 0 radical (unpaired) electrons. The Morgan fingerprint density at radius 2 is 2.29 bits per heavy atom. The van der Waals surface area contributed by atoms with E-state index in [1.807, 2.05) is 12.1 Å². The molecule has 1 aromatic carbocycles. The number of aromatic nitrogens is 2. The van der Waals surface area contributed by atoms with Crippen molar-refractivity contribution in [3.05, 3.63) is 34.4 Å². The van der Waals surface area contributed by atoms with Crippen molar-refractivity contribution in [2.24, 2.45) is 5.73 Å².